The van der Waals surface area contributed by atoms with Gasteiger partial charge in [-0.05, 0) is 36.1 Å². The second kappa shape index (κ2) is 3.70. The number of benzene rings is 1. The van der Waals surface area contributed by atoms with Gasteiger partial charge in [0.15, 0.2) is 0 Å². The van der Waals surface area contributed by atoms with E-state index in [1.54, 1.807) is 0 Å². The van der Waals surface area contributed by atoms with E-state index in [1.165, 1.54) is 24.8 Å². The minimum Gasteiger partial charge on any atom is -0.399 e. The van der Waals surface area contributed by atoms with Crippen molar-refractivity contribution in [3.8, 4) is 0 Å². The van der Waals surface area contributed by atoms with Gasteiger partial charge in [0.2, 0.25) is 0 Å². The molecule has 70 valence electrons. The first-order valence-corrected chi connectivity index (χ1v) is 5.59. The molecule has 0 saturated heterocycles. The molecule has 1 aromatic rings. The van der Waals surface area contributed by atoms with Crippen molar-refractivity contribution in [1.82, 2.24) is 0 Å². The third kappa shape index (κ3) is 2.05. The van der Waals surface area contributed by atoms with Gasteiger partial charge >= 0.3 is 0 Å². The first kappa shape index (κ1) is 9.07. The van der Waals surface area contributed by atoms with Crippen molar-refractivity contribution >= 4 is 21.6 Å². The van der Waals surface area contributed by atoms with Gasteiger partial charge in [0.1, 0.15) is 0 Å². The smallest absolute Gasteiger partial charge is 0.0347 e. The fraction of sp³-hybridized carbons (Fsp3) is 0.455. The molecule has 2 rings (SSSR count). The van der Waals surface area contributed by atoms with Crippen molar-refractivity contribution in [2.24, 2.45) is 5.92 Å². The number of hydrogen-bond acceptors (Lipinski definition) is 1. The fourth-order valence-corrected chi connectivity index (χ4v) is 2.17. The highest BCUT2D eigenvalue weighted by Gasteiger charge is 2.18. The summed E-state index contributed by atoms with van der Waals surface area (Å²) in [6.07, 6.45) is 5.32. The van der Waals surface area contributed by atoms with Crippen LogP contribution in [0, 0.1) is 5.92 Å². The molecule has 1 aliphatic rings. The molecule has 1 saturated carbocycles. The van der Waals surface area contributed by atoms with Gasteiger partial charge in [-0.25, -0.2) is 0 Å². The Hall–Kier alpha value is -0.500. The number of anilines is 1. The second-order valence-corrected chi connectivity index (χ2v) is 4.76. The van der Waals surface area contributed by atoms with Crippen molar-refractivity contribution in [2.45, 2.75) is 25.7 Å². The summed E-state index contributed by atoms with van der Waals surface area (Å²) in [5.74, 6) is 0.886. The van der Waals surface area contributed by atoms with Crippen LogP contribution >= 0.6 is 15.9 Å². The quantitative estimate of drug-likeness (QED) is 0.788. The molecule has 0 atom stereocenters. The lowest BCUT2D eigenvalue weighted by atomic mass is 9.81. The number of nitrogen functional groups attached to an aromatic ring is 1. The van der Waals surface area contributed by atoms with Gasteiger partial charge in [-0.1, -0.05) is 35.2 Å². The number of hydrogen-bond donors (Lipinski definition) is 1. The van der Waals surface area contributed by atoms with Crippen LogP contribution in [0.3, 0.4) is 0 Å². The van der Waals surface area contributed by atoms with Crippen LogP contribution in [0.4, 0.5) is 5.69 Å². The molecule has 2 heteroatoms. The maximum atomic E-state index is 5.90. The average molecular weight is 240 g/mol. The largest absolute Gasteiger partial charge is 0.399 e. The van der Waals surface area contributed by atoms with E-state index in [2.05, 4.69) is 22.0 Å². The summed E-state index contributed by atoms with van der Waals surface area (Å²) in [7, 11) is 0. The Morgan fingerprint density at radius 1 is 1.38 bits per heavy atom. The summed E-state index contributed by atoms with van der Waals surface area (Å²) < 4.78 is 1.14. The monoisotopic (exact) mass is 239 g/mol. The first-order valence-electron chi connectivity index (χ1n) is 4.79. The van der Waals surface area contributed by atoms with E-state index in [0.29, 0.717) is 0 Å². The van der Waals surface area contributed by atoms with Crippen molar-refractivity contribution in [2.75, 3.05) is 5.73 Å². The Bertz CT molecular complexity index is 305. The van der Waals surface area contributed by atoms with Gasteiger partial charge in [-0.2, -0.15) is 0 Å². The van der Waals surface area contributed by atoms with Crippen molar-refractivity contribution < 1.29 is 0 Å². The third-order valence-corrected chi connectivity index (χ3v) is 3.33. The second-order valence-electron chi connectivity index (χ2n) is 3.84. The lowest BCUT2D eigenvalue weighted by molar-refractivity contribution is 0.315. The summed E-state index contributed by atoms with van der Waals surface area (Å²) in [5, 5.41) is 0. The molecule has 0 aliphatic heterocycles. The zero-order valence-corrected chi connectivity index (χ0v) is 9.18. The molecule has 1 aliphatic carbocycles. The lowest BCUT2D eigenvalue weighted by Crippen LogP contribution is -2.14. The van der Waals surface area contributed by atoms with E-state index in [4.69, 9.17) is 5.73 Å². The normalized spacial score (nSPS) is 17.0. The van der Waals surface area contributed by atoms with Crippen molar-refractivity contribution in [3.05, 3.63) is 28.2 Å². The van der Waals surface area contributed by atoms with Gasteiger partial charge in [0.05, 0.1) is 0 Å². The summed E-state index contributed by atoms with van der Waals surface area (Å²) in [6, 6.07) is 6.13. The lowest BCUT2D eigenvalue weighted by Gasteiger charge is -2.25. The van der Waals surface area contributed by atoms with Gasteiger partial charge in [0.25, 0.3) is 0 Å². The molecular weight excluding hydrogens is 226 g/mol. The number of nitrogens with two attached hydrogens (primary N) is 1. The Labute approximate surface area is 87.5 Å². The van der Waals surface area contributed by atoms with E-state index in [-0.39, 0.29) is 0 Å². The molecule has 1 fully saturated rings. The van der Waals surface area contributed by atoms with Crippen molar-refractivity contribution in [3.63, 3.8) is 0 Å². The van der Waals surface area contributed by atoms with E-state index in [9.17, 15) is 0 Å². The molecule has 1 aromatic carbocycles. The Morgan fingerprint density at radius 2 is 2.15 bits per heavy atom. The zero-order valence-electron chi connectivity index (χ0n) is 7.59. The topological polar surface area (TPSA) is 26.0 Å². The maximum absolute atomic E-state index is 5.90. The first-order chi connectivity index (χ1) is 6.25. The standard InChI is InChI=1S/C11H14BrN/c12-10-4-5-11(13)9(7-10)6-8-2-1-3-8/h4-5,7-8H,1-3,6,13H2. The molecule has 0 amide bonds. The van der Waals surface area contributed by atoms with E-state index in [0.717, 1.165) is 22.5 Å². The number of halogens is 1. The predicted octanol–water partition coefficient (Wildman–Crippen LogP) is 3.37. The SMILES string of the molecule is Nc1ccc(Br)cc1CC1CCC1. The third-order valence-electron chi connectivity index (χ3n) is 2.84. The summed E-state index contributed by atoms with van der Waals surface area (Å²) >= 11 is 3.47. The summed E-state index contributed by atoms with van der Waals surface area (Å²) in [6.45, 7) is 0. The number of rotatable bonds is 2. The van der Waals surface area contributed by atoms with Crippen molar-refractivity contribution in [1.29, 1.82) is 0 Å². The molecule has 0 spiro atoms. The Kier molecular flexibility index (Phi) is 2.58. The molecule has 0 bridgehead atoms. The van der Waals surface area contributed by atoms with E-state index in [1.807, 2.05) is 12.1 Å². The minimum absolute atomic E-state index is 0.886. The minimum atomic E-state index is 0.886. The Morgan fingerprint density at radius 3 is 2.77 bits per heavy atom. The van der Waals surface area contributed by atoms with Gasteiger partial charge in [-0.3, -0.25) is 0 Å². The fourth-order valence-electron chi connectivity index (χ4n) is 1.76. The molecule has 0 heterocycles. The van der Waals surface area contributed by atoms with Gasteiger partial charge in [-0.15, -0.1) is 0 Å². The van der Waals surface area contributed by atoms with E-state index >= 15 is 0 Å². The highest BCUT2D eigenvalue weighted by Crippen LogP contribution is 2.32. The predicted molar refractivity (Wildman–Crippen MR) is 59.6 cm³/mol. The van der Waals surface area contributed by atoms with Gasteiger partial charge < -0.3 is 5.73 Å². The van der Waals surface area contributed by atoms with Crippen LogP contribution < -0.4 is 5.73 Å². The molecule has 2 N–H and O–H groups in total. The van der Waals surface area contributed by atoms with Crippen LogP contribution in [0.25, 0.3) is 0 Å². The van der Waals surface area contributed by atoms with Crippen LogP contribution in [-0.4, -0.2) is 0 Å². The zero-order chi connectivity index (χ0) is 9.26. The maximum Gasteiger partial charge on any atom is 0.0347 e. The Balaban J connectivity index is 2.13. The van der Waals surface area contributed by atoms with Crippen LogP contribution in [0.1, 0.15) is 24.8 Å². The average Bonchev–Trinajstić information content (AvgIpc) is 2.03. The van der Waals surface area contributed by atoms with Crippen LogP contribution in [-0.2, 0) is 6.42 Å². The molecule has 0 unspecified atom stereocenters. The summed E-state index contributed by atoms with van der Waals surface area (Å²) in [5.41, 5.74) is 8.14. The highest BCUT2D eigenvalue weighted by atomic mass is 79.9. The van der Waals surface area contributed by atoms with Gasteiger partial charge in [0, 0.05) is 10.2 Å². The van der Waals surface area contributed by atoms with Crippen LogP contribution in [0.15, 0.2) is 22.7 Å². The van der Waals surface area contributed by atoms with Crippen LogP contribution in [0.5, 0.6) is 0 Å². The molecule has 1 nitrogen and oxygen atoms in total. The highest BCUT2D eigenvalue weighted by molar-refractivity contribution is 9.10. The molecule has 0 radical (unpaired) electrons. The molecular formula is C11H14BrN. The van der Waals surface area contributed by atoms with Crippen LogP contribution in [0.2, 0.25) is 0 Å². The molecule has 13 heavy (non-hydrogen) atoms. The molecule has 0 aromatic heterocycles. The van der Waals surface area contributed by atoms with E-state index < -0.39 is 0 Å². The summed E-state index contributed by atoms with van der Waals surface area (Å²) in [4.78, 5) is 0.